The molecule has 3 fully saturated rings. The van der Waals surface area contributed by atoms with Crippen molar-refractivity contribution in [3.8, 4) is 0 Å². The molecule has 7 unspecified atom stereocenters. The van der Waals surface area contributed by atoms with Crippen LogP contribution in [0, 0.1) is 28.6 Å². The Kier molecular flexibility index (Phi) is 11.1. The minimum atomic E-state index is -2.00. The van der Waals surface area contributed by atoms with E-state index >= 15 is 0 Å². The van der Waals surface area contributed by atoms with Gasteiger partial charge in [0.1, 0.15) is 5.71 Å². The fourth-order valence-corrected chi connectivity index (χ4v) is 14.3. The van der Waals surface area contributed by atoms with Gasteiger partial charge in [0.15, 0.2) is 33.3 Å². The third kappa shape index (κ3) is 9.03. The van der Waals surface area contributed by atoms with Gasteiger partial charge in [-0.3, -0.25) is 0 Å². The number of nitrogens with zero attached hydrogens (tertiary/aromatic N) is 1. The summed E-state index contributed by atoms with van der Waals surface area (Å²) in [6, 6.07) is 0. The topological polar surface area (TPSA) is 58.5 Å². The maximum absolute atomic E-state index is 7.67. The van der Waals surface area contributed by atoms with Crippen LogP contribution in [0.1, 0.15) is 46.0 Å². The molecule has 47 heavy (non-hydrogen) atoms. The molecule has 0 spiro atoms. The van der Waals surface area contributed by atoms with Crippen molar-refractivity contribution in [2.24, 2.45) is 33.7 Å². The van der Waals surface area contributed by atoms with E-state index < -0.39 is 47.2 Å². The molecule has 0 amide bonds. The first-order valence-corrected chi connectivity index (χ1v) is 35.5. The molecule has 0 aromatic carbocycles. The molecule has 0 radical (unpaired) electrons. The van der Waals surface area contributed by atoms with Crippen LogP contribution in [-0.4, -0.2) is 71.7 Å². The maximum Gasteiger partial charge on any atom is 0.278 e. The van der Waals surface area contributed by atoms with Crippen LogP contribution in [0.15, 0.2) is 29.0 Å². The lowest BCUT2D eigenvalue weighted by Gasteiger charge is -2.63. The number of allylic oxidation sites excluding steroid dienone is 4. The standard InChI is InChI=1S/C36H71NO5Si5/c1-34-22-20-28(37-42-47(15,16)17)24-27(34)18-19-29-30-21-23-36(41-46(12,13)14,32(40-45(9,10)11)26-38-43(3,4)5)35(30,2)25-31(33(29)34)39-44(6,7)8/h20,22,24,29-33H,18-19,21,23,25-26H2,1-17H3/t29?,30?,31?,32?,33?,34?,35?,36-/m0/s1. The molecule has 4 rings (SSSR count). The highest BCUT2D eigenvalue weighted by Crippen LogP contribution is 2.69. The van der Waals surface area contributed by atoms with Crippen molar-refractivity contribution in [1.82, 2.24) is 0 Å². The predicted octanol–water partition coefficient (Wildman–Crippen LogP) is 10.4. The van der Waals surface area contributed by atoms with E-state index in [0.29, 0.717) is 24.4 Å². The van der Waals surface area contributed by atoms with Gasteiger partial charge < -0.3 is 22.2 Å². The van der Waals surface area contributed by atoms with E-state index in [-0.39, 0.29) is 23.0 Å². The molecular weight excluding hydrogens is 667 g/mol. The largest absolute Gasteiger partial charge is 0.455 e. The molecule has 3 saturated carbocycles. The second-order valence-electron chi connectivity index (χ2n) is 20.5. The van der Waals surface area contributed by atoms with Crippen LogP contribution in [0.5, 0.6) is 0 Å². The van der Waals surface area contributed by atoms with Gasteiger partial charge in [0.2, 0.25) is 0 Å². The first kappa shape index (κ1) is 39.7. The van der Waals surface area contributed by atoms with Gasteiger partial charge in [-0.25, -0.2) is 0 Å². The predicted molar refractivity (Wildman–Crippen MR) is 212 cm³/mol. The Balaban J connectivity index is 1.84. The van der Waals surface area contributed by atoms with Gasteiger partial charge >= 0.3 is 0 Å². The summed E-state index contributed by atoms with van der Waals surface area (Å²) in [4.78, 5) is 0. The van der Waals surface area contributed by atoms with E-state index in [1.807, 2.05) is 0 Å². The lowest BCUT2D eigenvalue weighted by Crippen LogP contribution is -2.67. The van der Waals surface area contributed by atoms with Crippen LogP contribution < -0.4 is 0 Å². The van der Waals surface area contributed by atoms with Gasteiger partial charge in [-0.05, 0) is 160 Å². The van der Waals surface area contributed by atoms with E-state index in [4.69, 9.17) is 22.2 Å². The highest BCUT2D eigenvalue weighted by molar-refractivity contribution is 6.71. The highest BCUT2D eigenvalue weighted by atomic mass is 28.4. The fourth-order valence-electron chi connectivity index (χ4n) is 9.46. The van der Waals surface area contributed by atoms with E-state index in [2.05, 4.69) is 135 Å². The fraction of sp³-hybridized carbons (Fsp3) is 0.861. The Morgan fingerprint density at radius 2 is 1.45 bits per heavy atom. The van der Waals surface area contributed by atoms with E-state index in [1.54, 1.807) is 0 Å². The summed E-state index contributed by atoms with van der Waals surface area (Å²) in [5.41, 5.74) is 1.91. The molecule has 4 aliphatic carbocycles. The molecule has 0 aromatic rings. The first-order chi connectivity index (χ1) is 21.1. The van der Waals surface area contributed by atoms with Gasteiger partial charge in [-0.1, -0.05) is 25.5 Å². The van der Waals surface area contributed by atoms with Crippen molar-refractivity contribution in [3.63, 3.8) is 0 Å². The second-order valence-corrected chi connectivity index (χ2v) is 42.8. The average Bonchev–Trinajstić information content (AvgIpc) is 3.13. The monoisotopic (exact) mass is 737 g/mol. The summed E-state index contributed by atoms with van der Waals surface area (Å²) >= 11 is 0. The SMILES string of the molecule is CC12C=CC(=NO[Si](C)(C)C)C=C1CCC1C2C(O[Si](C)(C)C)CC2(C)C1CC[C@]2(O[Si](C)(C)C)C(CO[Si](C)(C)C)O[Si](C)(C)C. The van der Waals surface area contributed by atoms with Crippen molar-refractivity contribution >= 4 is 47.3 Å². The van der Waals surface area contributed by atoms with E-state index in [1.165, 1.54) is 18.4 Å². The zero-order valence-corrected chi connectivity index (χ0v) is 38.3. The first-order valence-electron chi connectivity index (χ1n) is 18.4. The van der Waals surface area contributed by atoms with Gasteiger partial charge in [0, 0.05) is 16.9 Å². The zero-order valence-electron chi connectivity index (χ0n) is 33.3. The number of hydrogen-bond donors (Lipinski definition) is 0. The number of oxime groups is 1. The highest BCUT2D eigenvalue weighted by Gasteiger charge is 2.70. The molecule has 0 heterocycles. The van der Waals surface area contributed by atoms with Crippen molar-refractivity contribution < 1.29 is 22.2 Å². The second kappa shape index (κ2) is 13.1. The molecule has 11 heteroatoms. The quantitative estimate of drug-likeness (QED) is 0.147. The van der Waals surface area contributed by atoms with E-state index in [9.17, 15) is 0 Å². The molecule has 270 valence electrons. The van der Waals surface area contributed by atoms with Crippen LogP contribution in [-0.2, 0) is 22.2 Å². The molecule has 0 aromatic heterocycles. The Labute approximate surface area is 294 Å². The Morgan fingerprint density at radius 1 is 0.809 bits per heavy atom. The summed E-state index contributed by atoms with van der Waals surface area (Å²) in [5.74, 6) is 1.51. The van der Waals surface area contributed by atoms with Crippen LogP contribution in [0.4, 0.5) is 0 Å². The summed E-state index contributed by atoms with van der Waals surface area (Å²) in [6.45, 7) is 40.4. The van der Waals surface area contributed by atoms with Crippen LogP contribution >= 0.6 is 0 Å². The molecular formula is C36H71NO5Si5. The maximum atomic E-state index is 7.67. The Hall–Kier alpha value is -0.126. The van der Waals surface area contributed by atoms with Gasteiger partial charge in [0.05, 0.1) is 18.3 Å². The minimum absolute atomic E-state index is 0.0627. The van der Waals surface area contributed by atoms with Crippen molar-refractivity contribution in [2.45, 2.75) is 162 Å². The third-order valence-electron chi connectivity index (χ3n) is 10.8. The Morgan fingerprint density at radius 3 is 1.98 bits per heavy atom. The molecule has 4 aliphatic rings. The summed E-state index contributed by atoms with van der Waals surface area (Å²) < 4.78 is 35.1. The Bertz CT molecular complexity index is 1240. The number of rotatable bonds is 12. The minimum Gasteiger partial charge on any atom is -0.455 e. The van der Waals surface area contributed by atoms with Gasteiger partial charge in [-0.15, -0.1) is 5.16 Å². The molecule has 0 aliphatic heterocycles. The average molecular weight is 738 g/mol. The van der Waals surface area contributed by atoms with Crippen molar-refractivity contribution in [3.05, 3.63) is 23.8 Å². The van der Waals surface area contributed by atoms with Gasteiger partial charge in [-0.2, -0.15) is 0 Å². The van der Waals surface area contributed by atoms with Crippen LogP contribution in [0.25, 0.3) is 0 Å². The van der Waals surface area contributed by atoms with E-state index in [0.717, 1.165) is 25.0 Å². The molecule has 6 nitrogen and oxygen atoms in total. The summed E-state index contributed by atoms with van der Waals surface area (Å²) in [6.07, 6.45) is 12.6. The van der Waals surface area contributed by atoms with Gasteiger partial charge in [0.25, 0.3) is 8.32 Å². The van der Waals surface area contributed by atoms with Crippen molar-refractivity contribution in [2.75, 3.05) is 6.61 Å². The van der Waals surface area contributed by atoms with Crippen molar-refractivity contribution in [1.29, 1.82) is 0 Å². The van der Waals surface area contributed by atoms with Crippen LogP contribution in [0.3, 0.4) is 0 Å². The molecule has 0 N–H and O–H groups in total. The number of fused-ring (bicyclic) bond motifs is 5. The molecule has 0 bridgehead atoms. The lowest BCUT2D eigenvalue weighted by molar-refractivity contribution is -0.188. The zero-order chi connectivity index (χ0) is 35.6. The summed E-state index contributed by atoms with van der Waals surface area (Å²) in [7, 11) is -9.37. The summed E-state index contributed by atoms with van der Waals surface area (Å²) in [5, 5.41) is 4.62. The lowest BCUT2D eigenvalue weighted by atomic mass is 9.46. The smallest absolute Gasteiger partial charge is 0.278 e. The normalized spacial score (nSPS) is 36.4. The third-order valence-corrected chi connectivity index (χ3v) is 15.4. The number of hydrogen-bond acceptors (Lipinski definition) is 6. The molecule has 0 saturated heterocycles. The molecule has 8 atom stereocenters. The van der Waals surface area contributed by atoms with Crippen LogP contribution in [0.2, 0.25) is 98.2 Å².